The van der Waals surface area contributed by atoms with Crippen molar-refractivity contribution in [3.05, 3.63) is 65.0 Å². The number of nitrogens with zero attached hydrogens (tertiary/aromatic N) is 3. The zero-order valence-electron chi connectivity index (χ0n) is 14.7. The van der Waals surface area contributed by atoms with E-state index in [9.17, 15) is 22.8 Å². The number of aryl methyl sites for hydroxylation is 1. The van der Waals surface area contributed by atoms with Gasteiger partial charge in [-0.1, -0.05) is 12.1 Å². The molecular formula is C19H18F3N3O2. The van der Waals surface area contributed by atoms with Crippen molar-refractivity contribution in [2.24, 2.45) is 0 Å². The average molecular weight is 377 g/mol. The van der Waals surface area contributed by atoms with Crippen molar-refractivity contribution < 1.29 is 22.8 Å². The first kappa shape index (κ1) is 18.9. The lowest BCUT2D eigenvalue weighted by atomic mass is 10.1. The third-order valence-electron chi connectivity index (χ3n) is 4.48. The molecule has 0 saturated carbocycles. The molecule has 3 rings (SSSR count). The third-order valence-corrected chi connectivity index (χ3v) is 4.48. The second-order valence-electron chi connectivity index (χ2n) is 6.32. The number of hydrogen-bond donors (Lipinski definition) is 0. The number of rotatable bonds is 2. The van der Waals surface area contributed by atoms with Crippen LogP contribution in [-0.2, 0) is 6.18 Å². The summed E-state index contributed by atoms with van der Waals surface area (Å²) in [6.45, 7) is 2.68. The van der Waals surface area contributed by atoms with Crippen LogP contribution in [0.4, 0.5) is 13.2 Å². The van der Waals surface area contributed by atoms with E-state index in [-0.39, 0.29) is 37.6 Å². The Balaban J connectivity index is 1.68. The Labute approximate surface area is 154 Å². The van der Waals surface area contributed by atoms with Gasteiger partial charge in [0, 0.05) is 38.1 Å². The van der Waals surface area contributed by atoms with Crippen molar-refractivity contribution >= 4 is 11.8 Å². The van der Waals surface area contributed by atoms with Crippen molar-refractivity contribution in [2.45, 2.75) is 13.1 Å². The molecule has 8 heteroatoms. The van der Waals surface area contributed by atoms with Crippen LogP contribution in [-0.4, -0.2) is 52.8 Å². The second kappa shape index (κ2) is 7.38. The molecule has 0 unspecified atom stereocenters. The Morgan fingerprint density at radius 3 is 2.07 bits per heavy atom. The molecular weight excluding hydrogens is 359 g/mol. The minimum atomic E-state index is -4.59. The first-order chi connectivity index (χ1) is 12.8. The molecule has 5 nitrogen and oxygen atoms in total. The highest BCUT2D eigenvalue weighted by molar-refractivity contribution is 5.97. The molecule has 1 aliphatic rings. The number of piperazine rings is 1. The van der Waals surface area contributed by atoms with Crippen LogP contribution in [0, 0.1) is 6.92 Å². The van der Waals surface area contributed by atoms with E-state index < -0.39 is 17.6 Å². The van der Waals surface area contributed by atoms with E-state index >= 15 is 0 Å². The highest BCUT2D eigenvalue weighted by atomic mass is 19.4. The number of carbonyl (C=O) groups excluding carboxylic acids is 2. The molecule has 0 bridgehead atoms. The van der Waals surface area contributed by atoms with Crippen molar-refractivity contribution in [1.82, 2.24) is 14.8 Å². The minimum Gasteiger partial charge on any atom is -0.335 e. The van der Waals surface area contributed by atoms with Gasteiger partial charge in [-0.2, -0.15) is 13.2 Å². The van der Waals surface area contributed by atoms with Gasteiger partial charge in [0.2, 0.25) is 0 Å². The van der Waals surface area contributed by atoms with Crippen LogP contribution >= 0.6 is 0 Å². The number of carbonyl (C=O) groups is 2. The highest BCUT2D eigenvalue weighted by Crippen LogP contribution is 2.32. The van der Waals surface area contributed by atoms with E-state index in [0.717, 1.165) is 11.8 Å². The molecule has 2 aromatic rings. The summed E-state index contributed by atoms with van der Waals surface area (Å²) in [5.41, 5.74) is -0.0696. The molecule has 0 aliphatic carbocycles. The summed E-state index contributed by atoms with van der Waals surface area (Å²) in [5.74, 6) is -0.877. The number of hydrogen-bond acceptors (Lipinski definition) is 3. The number of benzene rings is 1. The molecule has 1 aromatic carbocycles. The Morgan fingerprint density at radius 2 is 1.52 bits per heavy atom. The molecule has 2 amide bonds. The van der Waals surface area contributed by atoms with Crippen LogP contribution in [0.15, 0.2) is 42.6 Å². The molecule has 2 heterocycles. The summed E-state index contributed by atoms with van der Waals surface area (Å²) < 4.78 is 39.4. The summed E-state index contributed by atoms with van der Waals surface area (Å²) in [6, 6.07) is 8.17. The fourth-order valence-corrected chi connectivity index (χ4v) is 2.98. The average Bonchev–Trinajstić information content (AvgIpc) is 2.67. The van der Waals surface area contributed by atoms with E-state index in [2.05, 4.69) is 4.98 Å². The number of pyridine rings is 1. The molecule has 0 N–H and O–H groups in total. The lowest BCUT2D eigenvalue weighted by Gasteiger charge is -2.35. The van der Waals surface area contributed by atoms with Gasteiger partial charge in [0.1, 0.15) is 0 Å². The Hall–Kier alpha value is -2.90. The first-order valence-electron chi connectivity index (χ1n) is 8.45. The smallest absolute Gasteiger partial charge is 0.335 e. The van der Waals surface area contributed by atoms with Crippen LogP contribution in [0.25, 0.3) is 0 Å². The van der Waals surface area contributed by atoms with Gasteiger partial charge in [-0.3, -0.25) is 14.6 Å². The third kappa shape index (κ3) is 4.10. The summed E-state index contributed by atoms with van der Waals surface area (Å²) in [4.78, 5) is 32.1. The summed E-state index contributed by atoms with van der Waals surface area (Å²) in [7, 11) is 0. The molecule has 27 heavy (non-hydrogen) atoms. The molecule has 1 aliphatic heterocycles. The largest absolute Gasteiger partial charge is 0.417 e. The van der Waals surface area contributed by atoms with Gasteiger partial charge in [0.05, 0.1) is 16.7 Å². The summed E-state index contributed by atoms with van der Waals surface area (Å²) >= 11 is 0. The molecule has 1 aromatic heterocycles. The van der Waals surface area contributed by atoms with Crippen LogP contribution in [0.1, 0.15) is 32.0 Å². The number of halogens is 3. The predicted molar refractivity (Wildman–Crippen MR) is 92.2 cm³/mol. The van der Waals surface area contributed by atoms with Crippen molar-refractivity contribution in [1.29, 1.82) is 0 Å². The first-order valence-corrected chi connectivity index (χ1v) is 8.45. The van der Waals surface area contributed by atoms with Gasteiger partial charge in [-0.05, 0) is 31.2 Å². The molecule has 142 valence electrons. The van der Waals surface area contributed by atoms with Crippen LogP contribution in [0.5, 0.6) is 0 Å². The quantitative estimate of drug-likeness (QED) is 0.809. The van der Waals surface area contributed by atoms with Gasteiger partial charge in [0.25, 0.3) is 11.8 Å². The Morgan fingerprint density at radius 1 is 0.926 bits per heavy atom. The van der Waals surface area contributed by atoms with E-state index in [4.69, 9.17) is 0 Å². The van der Waals surface area contributed by atoms with Crippen LogP contribution in [0.2, 0.25) is 0 Å². The van der Waals surface area contributed by atoms with Crippen molar-refractivity contribution in [2.75, 3.05) is 26.2 Å². The van der Waals surface area contributed by atoms with Gasteiger partial charge in [-0.15, -0.1) is 0 Å². The van der Waals surface area contributed by atoms with Crippen molar-refractivity contribution in [3.63, 3.8) is 0 Å². The zero-order chi connectivity index (χ0) is 19.6. The van der Waals surface area contributed by atoms with E-state index in [1.807, 2.05) is 6.92 Å². The monoisotopic (exact) mass is 377 g/mol. The number of alkyl halides is 3. The van der Waals surface area contributed by atoms with Gasteiger partial charge in [0.15, 0.2) is 0 Å². The van der Waals surface area contributed by atoms with Crippen molar-refractivity contribution in [3.8, 4) is 0 Å². The number of aromatic nitrogens is 1. The highest BCUT2D eigenvalue weighted by Gasteiger charge is 2.36. The molecule has 0 radical (unpaired) electrons. The maximum atomic E-state index is 13.1. The predicted octanol–water partition coefficient (Wildman–Crippen LogP) is 3.01. The topological polar surface area (TPSA) is 53.5 Å². The lowest BCUT2D eigenvalue weighted by Crippen LogP contribution is -2.50. The maximum absolute atomic E-state index is 13.1. The lowest BCUT2D eigenvalue weighted by molar-refractivity contribution is -0.138. The number of amides is 2. The minimum absolute atomic E-state index is 0.177. The second-order valence-corrected chi connectivity index (χ2v) is 6.32. The Kier molecular flexibility index (Phi) is 5.16. The van der Waals surface area contributed by atoms with Gasteiger partial charge >= 0.3 is 6.18 Å². The van der Waals surface area contributed by atoms with E-state index in [0.29, 0.717) is 5.56 Å². The molecule has 1 saturated heterocycles. The summed E-state index contributed by atoms with van der Waals surface area (Å²) in [6.07, 6.45) is -3.10. The van der Waals surface area contributed by atoms with E-state index in [1.165, 1.54) is 29.3 Å². The van der Waals surface area contributed by atoms with Crippen LogP contribution in [0.3, 0.4) is 0 Å². The fraction of sp³-hybridized carbons (Fsp3) is 0.316. The zero-order valence-corrected chi connectivity index (χ0v) is 14.7. The normalized spacial score (nSPS) is 15.0. The van der Waals surface area contributed by atoms with Gasteiger partial charge in [-0.25, -0.2) is 0 Å². The maximum Gasteiger partial charge on any atom is 0.417 e. The molecule has 0 spiro atoms. The molecule has 0 atom stereocenters. The SMILES string of the molecule is Cc1ccc(C(=O)N2CCN(C(=O)c3ccccc3C(F)(F)F)CC2)cn1. The molecule has 1 fully saturated rings. The van der Waals surface area contributed by atoms with Gasteiger partial charge < -0.3 is 9.80 Å². The summed E-state index contributed by atoms with van der Waals surface area (Å²) in [5, 5.41) is 0. The standard InChI is InChI=1S/C19H18F3N3O2/c1-13-6-7-14(12-23-13)17(26)24-8-10-25(11-9-24)18(27)15-4-2-3-5-16(15)19(20,21)22/h2-7,12H,8-11H2,1H3. The van der Waals surface area contributed by atoms with E-state index in [1.54, 1.807) is 17.0 Å². The fourth-order valence-electron chi connectivity index (χ4n) is 2.98. The van der Waals surface area contributed by atoms with Crippen LogP contribution < -0.4 is 0 Å². The Bertz CT molecular complexity index is 842.